The van der Waals surface area contributed by atoms with Crippen molar-refractivity contribution in [3.63, 3.8) is 0 Å². The maximum absolute atomic E-state index is 12.6. The summed E-state index contributed by atoms with van der Waals surface area (Å²) >= 11 is 4.83. The van der Waals surface area contributed by atoms with Crippen LogP contribution in [-0.2, 0) is 14.5 Å². The van der Waals surface area contributed by atoms with Crippen LogP contribution in [0.3, 0.4) is 0 Å². The number of carbonyl (C=O) groups excluding carboxylic acids is 1. The van der Waals surface area contributed by atoms with Crippen molar-refractivity contribution >= 4 is 55.8 Å². The molecule has 0 fully saturated rings. The summed E-state index contributed by atoms with van der Waals surface area (Å²) in [5, 5.41) is 13.8. The number of nitrogens with zero attached hydrogens (tertiary/aromatic N) is 4. The van der Waals surface area contributed by atoms with E-state index in [1.807, 2.05) is 83.7 Å². The summed E-state index contributed by atoms with van der Waals surface area (Å²) in [6.45, 7) is 1.99. The Morgan fingerprint density at radius 3 is 2.25 bits per heavy atom. The molecule has 160 valence electrons. The number of hydrogen-bond acceptors (Lipinski definition) is 7. The molecule has 0 amide bonds. The van der Waals surface area contributed by atoms with Crippen molar-refractivity contribution in [2.75, 3.05) is 17.1 Å². The molecule has 0 saturated carbocycles. The molecule has 1 unspecified atom stereocenters. The molecular weight excluding hydrogens is 488 g/mol. The Balaban J connectivity index is 1.80. The average molecular weight is 507 g/mol. The number of carbonyl (C=O) groups is 1. The monoisotopic (exact) mass is 506 g/mol. The molecule has 5 rings (SSSR count). The molecule has 1 spiro atoms. The summed E-state index contributed by atoms with van der Waals surface area (Å²) in [5.41, 5.74) is 4.60. The second-order valence-corrected chi connectivity index (χ2v) is 9.35. The van der Waals surface area contributed by atoms with E-state index in [0.29, 0.717) is 0 Å². The molecule has 0 bridgehead atoms. The zero-order valence-electron chi connectivity index (χ0n) is 17.4. The van der Waals surface area contributed by atoms with Crippen LogP contribution in [0.2, 0.25) is 0 Å². The fourth-order valence-electron chi connectivity index (χ4n) is 3.91. The van der Waals surface area contributed by atoms with Crippen molar-refractivity contribution in [2.45, 2.75) is 11.9 Å². The lowest BCUT2D eigenvalue weighted by molar-refractivity contribution is -0.132. The van der Waals surface area contributed by atoms with Crippen LogP contribution >= 0.6 is 27.7 Å². The van der Waals surface area contributed by atoms with E-state index < -0.39 is 11.0 Å². The van der Waals surface area contributed by atoms with Gasteiger partial charge in [-0.3, -0.25) is 0 Å². The molecule has 32 heavy (non-hydrogen) atoms. The molecular formula is C24H19BrN4O2S. The predicted octanol–water partition coefficient (Wildman–Crippen LogP) is 5.54. The number of hydrogen-bond donors (Lipinski definition) is 0. The number of thioether (sulfide) groups is 1. The van der Waals surface area contributed by atoms with E-state index in [2.05, 4.69) is 28.1 Å². The van der Waals surface area contributed by atoms with Crippen molar-refractivity contribution in [1.29, 1.82) is 0 Å². The van der Waals surface area contributed by atoms with Gasteiger partial charge >= 0.3 is 5.97 Å². The lowest BCUT2D eigenvalue weighted by Crippen LogP contribution is -2.53. The largest absolute Gasteiger partial charge is 0.464 e. The SMILES string of the molecule is COC(=O)C1=NN(c2ccc(Br)cc2)C2(S1)c1ccccc1C(C)=NN2c1ccccc1. The fraction of sp³-hybridized carbons (Fsp3) is 0.125. The van der Waals surface area contributed by atoms with E-state index in [-0.39, 0.29) is 5.04 Å². The molecule has 6 nitrogen and oxygen atoms in total. The first-order chi connectivity index (χ1) is 15.5. The Kier molecular flexibility index (Phi) is 5.27. The number of para-hydroxylation sites is 1. The Morgan fingerprint density at radius 1 is 0.906 bits per heavy atom. The number of fused-ring (bicyclic) bond motifs is 2. The maximum atomic E-state index is 12.6. The Bertz CT molecular complexity index is 1250. The maximum Gasteiger partial charge on any atom is 0.365 e. The van der Waals surface area contributed by atoms with Gasteiger partial charge in [0, 0.05) is 15.6 Å². The highest BCUT2D eigenvalue weighted by molar-refractivity contribution is 9.10. The van der Waals surface area contributed by atoms with E-state index in [1.165, 1.54) is 18.9 Å². The molecule has 1 atom stereocenters. The van der Waals surface area contributed by atoms with Crippen molar-refractivity contribution < 1.29 is 9.53 Å². The molecule has 3 aromatic carbocycles. The van der Waals surface area contributed by atoms with Crippen molar-refractivity contribution in [3.05, 3.63) is 94.5 Å². The van der Waals surface area contributed by atoms with Crippen LogP contribution in [0.15, 0.2) is 93.5 Å². The van der Waals surface area contributed by atoms with Crippen LogP contribution in [0, 0.1) is 0 Å². The summed E-state index contributed by atoms with van der Waals surface area (Å²) in [6, 6.07) is 25.9. The third-order valence-corrected chi connectivity index (χ3v) is 7.17. The van der Waals surface area contributed by atoms with Gasteiger partial charge < -0.3 is 4.74 Å². The van der Waals surface area contributed by atoms with Gasteiger partial charge in [-0.15, -0.1) is 0 Å². The number of benzene rings is 3. The van der Waals surface area contributed by atoms with Gasteiger partial charge in [-0.1, -0.05) is 58.4 Å². The number of rotatable bonds is 3. The van der Waals surface area contributed by atoms with E-state index in [0.717, 1.165) is 32.7 Å². The van der Waals surface area contributed by atoms with Crippen molar-refractivity contribution in [3.8, 4) is 0 Å². The standard InChI is InChI=1S/C24H19BrN4O2S/c1-16-20-10-6-7-11-21(20)24(28(26-16)18-8-4-3-5-9-18)29(19-14-12-17(25)13-15-19)27-22(32-24)23(30)31-2/h3-15H,1-2H3. The van der Waals surface area contributed by atoms with E-state index in [1.54, 1.807) is 0 Å². The third kappa shape index (κ3) is 3.22. The second-order valence-electron chi connectivity index (χ2n) is 7.27. The van der Waals surface area contributed by atoms with Crippen LogP contribution in [0.1, 0.15) is 18.1 Å². The summed E-state index contributed by atoms with van der Waals surface area (Å²) in [6.07, 6.45) is 0. The fourth-order valence-corrected chi connectivity index (χ4v) is 5.49. The average Bonchev–Trinajstić information content (AvgIpc) is 3.23. The van der Waals surface area contributed by atoms with Gasteiger partial charge in [0.15, 0.2) is 0 Å². The molecule has 0 N–H and O–H groups in total. The summed E-state index contributed by atoms with van der Waals surface area (Å²) < 4.78 is 6.00. The normalized spacial score (nSPS) is 19.5. The molecule has 8 heteroatoms. The highest BCUT2D eigenvalue weighted by Crippen LogP contribution is 2.54. The summed E-state index contributed by atoms with van der Waals surface area (Å²) in [4.78, 5) is 11.7. The number of hydrazone groups is 2. The van der Waals surface area contributed by atoms with E-state index in [9.17, 15) is 4.79 Å². The minimum atomic E-state index is -0.950. The highest BCUT2D eigenvalue weighted by Gasteiger charge is 2.56. The first-order valence-corrected chi connectivity index (χ1v) is 11.6. The lowest BCUT2D eigenvalue weighted by atomic mass is 9.98. The van der Waals surface area contributed by atoms with Crippen LogP contribution in [0.5, 0.6) is 0 Å². The quantitative estimate of drug-likeness (QED) is 0.436. The van der Waals surface area contributed by atoms with E-state index in [4.69, 9.17) is 14.9 Å². The molecule has 2 heterocycles. The van der Waals surface area contributed by atoms with Crippen molar-refractivity contribution in [1.82, 2.24) is 0 Å². The van der Waals surface area contributed by atoms with Crippen LogP contribution in [0.25, 0.3) is 0 Å². The third-order valence-electron chi connectivity index (χ3n) is 5.35. The highest BCUT2D eigenvalue weighted by atomic mass is 79.9. The molecule has 3 aromatic rings. The molecule has 2 aliphatic heterocycles. The van der Waals surface area contributed by atoms with Crippen LogP contribution in [-0.4, -0.2) is 23.8 Å². The number of halogens is 1. The van der Waals surface area contributed by atoms with E-state index >= 15 is 0 Å². The van der Waals surface area contributed by atoms with Crippen LogP contribution in [0.4, 0.5) is 11.4 Å². The number of methoxy groups -OCH3 is 1. The van der Waals surface area contributed by atoms with Crippen molar-refractivity contribution in [2.24, 2.45) is 10.2 Å². The minimum absolute atomic E-state index is 0.265. The van der Waals surface area contributed by atoms with Gasteiger partial charge in [0.1, 0.15) is 0 Å². The van der Waals surface area contributed by atoms with Gasteiger partial charge in [-0.2, -0.15) is 10.2 Å². The minimum Gasteiger partial charge on any atom is -0.464 e. The smallest absolute Gasteiger partial charge is 0.365 e. The van der Waals surface area contributed by atoms with Gasteiger partial charge in [0.2, 0.25) is 10.0 Å². The molecule has 0 aromatic heterocycles. The summed E-state index contributed by atoms with van der Waals surface area (Å²) in [5.74, 6) is -0.481. The zero-order valence-corrected chi connectivity index (χ0v) is 19.8. The lowest BCUT2D eigenvalue weighted by Gasteiger charge is -2.46. The van der Waals surface area contributed by atoms with Gasteiger partial charge in [0.05, 0.1) is 24.2 Å². The Morgan fingerprint density at radius 2 is 1.53 bits per heavy atom. The predicted molar refractivity (Wildman–Crippen MR) is 133 cm³/mol. The Hall–Kier alpha value is -3.10. The molecule has 0 radical (unpaired) electrons. The molecule has 2 aliphatic rings. The van der Waals surface area contributed by atoms with Gasteiger partial charge in [-0.25, -0.2) is 14.8 Å². The van der Waals surface area contributed by atoms with Gasteiger partial charge in [0.25, 0.3) is 0 Å². The topological polar surface area (TPSA) is 57.5 Å². The number of anilines is 2. The summed E-state index contributed by atoms with van der Waals surface area (Å²) in [7, 11) is 1.37. The number of esters is 1. The number of ether oxygens (including phenoxy) is 1. The first kappa shape index (κ1) is 20.8. The van der Waals surface area contributed by atoms with Gasteiger partial charge in [-0.05, 0) is 55.1 Å². The molecule has 0 saturated heterocycles. The molecule has 0 aliphatic carbocycles. The first-order valence-electron chi connectivity index (χ1n) is 9.96. The van der Waals surface area contributed by atoms with Crippen LogP contribution < -0.4 is 10.0 Å². The second kappa shape index (κ2) is 8.11. The Labute approximate surface area is 198 Å². The zero-order chi connectivity index (χ0) is 22.3.